The first-order chi connectivity index (χ1) is 9.81. The van der Waals surface area contributed by atoms with E-state index in [-0.39, 0.29) is 5.91 Å². The van der Waals surface area contributed by atoms with Crippen molar-refractivity contribution in [3.8, 4) is 10.6 Å². The number of aromatic nitrogens is 2. The van der Waals surface area contributed by atoms with Crippen LogP contribution in [-0.4, -0.2) is 40.0 Å². The summed E-state index contributed by atoms with van der Waals surface area (Å²) in [6, 6.07) is 6.49. The number of thiophene rings is 1. The van der Waals surface area contributed by atoms with Crippen LogP contribution in [0.15, 0.2) is 29.9 Å². The van der Waals surface area contributed by atoms with Crippen LogP contribution in [0.5, 0.6) is 0 Å². The van der Waals surface area contributed by atoms with E-state index in [4.69, 9.17) is 0 Å². The lowest BCUT2D eigenvalue weighted by atomic mass is 10.3. The fourth-order valence-electron chi connectivity index (χ4n) is 2.50. The molecule has 0 atom stereocenters. The molecule has 0 spiro atoms. The fourth-order valence-corrected chi connectivity index (χ4v) is 3.20. The van der Waals surface area contributed by atoms with Gasteiger partial charge in [-0.2, -0.15) is 0 Å². The number of amides is 1. The minimum absolute atomic E-state index is 0.212. The Morgan fingerprint density at radius 2 is 2.20 bits per heavy atom. The third-order valence-electron chi connectivity index (χ3n) is 3.71. The van der Waals surface area contributed by atoms with Gasteiger partial charge in [0.2, 0.25) is 5.91 Å². The van der Waals surface area contributed by atoms with Gasteiger partial charge in [0.15, 0.2) is 0 Å². The second-order valence-corrected chi connectivity index (χ2v) is 6.12. The van der Waals surface area contributed by atoms with Crippen LogP contribution in [0.1, 0.15) is 12.8 Å². The van der Waals surface area contributed by atoms with E-state index in [1.807, 2.05) is 33.4 Å². The van der Waals surface area contributed by atoms with Gasteiger partial charge in [-0.05, 0) is 24.3 Å². The van der Waals surface area contributed by atoms with Gasteiger partial charge >= 0.3 is 0 Å². The van der Waals surface area contributed by atoms with Gasteiger partial charge in [0.1, 0.15) is 18.7 Å². The predicted octanol–water partition coefficient (Wildman–Crippen LogP) is 1.97. The second kappa shape index (κ2) is 4.56. The third-order valence-corrected chi connectivity index (χ3v) is 4.60. The number of anilines is 1. The molecule has 1 aliphatic carbocycles. The van der Waals surface area contributed by atoms with Gasteiger partial charge in [0.25, 0.3) is 0 Å². The average molecular weight is 286 g/mol. The normalized spacial score (nSPS) is 18.9. The Kier molecular flexibility index (Phi) is 2.70. The van der Waals surface area contributed by atoms with Crippen LogP contribution in [-0.2, 0) is 4.79 Å². The molecule has 0 N–H and O–H groups in total. The highest BCUT2D eigenvalue weighted by molar-refractivity contribution is 7.13. The van der Waals surface area contributed by atoms with E-state index < -0.39 is 0 Å². The van der Waals surface area contributed by atoms with Crippen LogP contribution in [0.25, 0.3) is 10.6 Å². The average Bonchev–Trinajstić information content (AvgIpc) is 3.02. The molecule has 0 bridgehead atoms. The van der Waals surface area contributed by atoms with Gasteiger partial charge < -0.3 is 9.80 Å². The van der Waals surface area contributed by atoms with Crippen LogP contribution in [0.2, 0.25) is 0 Å². The van der Waals surface area contributed by atoms with Crippen molar-refractivity contribution in [2.45, 2.75) is 18.9 Å². The van der Waals surface area contributed by atoms with Crippen molar-refractivity contribution in [2.24, 2.45) is 0 Å². The molecule has 3 heterocycles. The molecule has 1 amide bonds. The van der Waals surface area contributed by atoms with Crippen LogP contribution in [0.3, 0.4) is 0 Å². The van der Waals surface area contributed by atoms with E-state index in [2.05, 4.69) is 9.97 Å². The Balaban J connectivity index is 1.60. The van der Waals surface area contributed by atoms with E-state index in [0.29, 0.717) is 19.3 Å². The zero-order chi connectivity index (χ0) is 13.5. The zero-order valence-electron chi connectivity index (χ0n) is 10.9. The Hall–Kier alpha value is -1.95. The van der Waals surface area contributed by atoms with E-state index in [1.165, 1.54) is 0 Å². The molecule has 6 heteroatoms. The fraction of sp³-hybridized carbons (Fsp3) is 0.357. The molecule has 1 aliphatic heterocycles. The maximum absolute atomic E-state index is 12.0. The summed E-state index contributed by atoms with van der Waals surface area (Å²) in [4.78, 5) is 25.7. The standard InChI is InChI=1S/C14H14N4OS/c19-14-7-17(9-18(14)10-3-4-10)13-6-11(15-8-16-13)12-2-1-5-20-12/h1-2,5-6,8,10H,3-4,7,9H2. The smallest absolute Gasteiger partial charge is 0.243 e. The summed E-state index contributed by atoms with van der Waals surface area (Å²) in [5, 5.41) is 2.03. The molecular weight excluding hydrogens is 272 g/mol. The maximum atomic E-state index is 12.0. The Morgan fingerprint density at radius 1 is 1.30 bits per heavy atom. The highest BCUT2D eigenvalue weighted by Crippen LogP contribution is 2.31. The molecular formula is C14H14N4OS. The molecule has 0 aromatic carbocycles. The molecule has 20 heavy (non-hydrogen) atoms. The SMILES string of the molecule is O=C1CN(c2cc(-c3cccs3)ncn2)CN1C1CC1. The summed E-state index contributed by atoms with van der Waals surface area (Å²) in [6.07, 6.45) is 3.86. The number of carbonyl (C=O) groups excluding carboxylic acids is 1. The maximum Gasteiger partial charge on any atom is 0.243 e. The highest BCUT2D eigenvalue weighted by Gasteiger charge is 2.38. The zero-order valence-corrected chi connectivity index (χ0v) is 11.7. The second-order valence-electron chi connectivity index (χ2n) is 5.17. The number of rotatable bonds is 3. The number of hydrogen-bond donors (Lipinski definition) is 0. The molecule has 4 rings (SSSR count). The highest BCUT2D eigenvalue weighted by atomic mass is 32.1. The van der Waals surface area contributed by atoms with Gasteiger partial charge in [-0.15, -0.1) is 11.3 Å². The Labute approximate surface area is 120 Å². The van der Waals surface area contributed by atoms with E-state index >= 15 is 0 Å². The first kappa shape index (κ1) is 11.8. The van der Waals surface area contributed by atoms with E-state index in [0.717, 1.165) is 29.2 Å². The van der Waals surface area contributed by atoms with Crippen molar-refractivity contribution >= 4 is 23.1 Å². The first-order valence-corrected chi connectivity index (χ1v) is 7.59. The van der Waals surface area contributed by atoms with Crippen LogP contribution < -0.4 is 4.90 Å². The summed E-state index contributed by atoms with van der Waals surface area (Å²) >= 11 is 1.66. The minimum atomic E-state index is 0.212. The number of carbonyl (C=O) groups is 1. The summed E-state index contributed by atoms with van der Waals surface area (Å²) in [5.41, 5.74) is 0.919. The first-order valence-electron chi connectivity index (χ1n) is 6.71. The van der Waals surface area contributed by atoms with Gasteiger partial charge in [-0.25, -0.2) is 9.97 Å². The molecule has 2 aromatic rings. The molecule has 2 fully saturated rings. The van der Waals surface area contributed by atoms with Gasteiger partial charge in [-0.1, -0.05) is 6.07 Å². The van der Waals surface area contributed by atoms with Crippen molar-refractivity contribution < 1.29 is 4.79 Å². The molecule has 0 radical (unpaired) electrons. The predicted molar refractivity (Wildman–Crippen MR) is 77.4 cm³/mol. The largest absolute Gasteiger partial charge is 0.329 e. The minimum Gasteiger partial charge on any atom is -0.329 e. The summed E-state index contributed by atoms with van der Waals surface area (Å²) in [7, 11) is 0. The topological polar surface area (TPSA) is 49.3 Å². The lowest BCUT2D eigenvalue weighted by Crippen LogP contribution is -2.29. The van der Waals surface area contributed by atoms with Crippen LogP contribution in [0.4, 0.5) is 5.82 Å². The van der Waals surface area contributed by atoms with Gasteiger partial charge in [0, 0.05) is 12.1 Å². The Morgan fingerprint density at radius 3 is 2.95 bits per heavy atom. The van der Waals surface area contributed by atoms with Crippen molar-refractivity contribution in [1.29, 1.82) is 0 Å². The number of hydrogen-bond acceptors (Lipinski definition) is 5. The quantitative estimate of drug-likeness (QED) is 0.865. The summed E-state index contributed by atoms with van der Waals surface area (Å²) in [5.74, 6) is 1.05. The van der Waals surface area contributed by atoms with Gasteiger partial charge in [0.05, 0.1) is 17.2 Å². The summed E-state index contributed by atoms with van der Waals surface area (Å²) in [6.45, 7) is 1.09. The van der Waals surface area contributed by atoms with Crippen LogP contribution in [0, 0.1) is 0 Å². The lowest BCUT2D eigenvalue weighted by Gasteiger charge is -2.18. The molecule has 2 aliphatic rings. The van der Waals surface area contributed by atoms with Crippen molar-refractivity contribution in [2.75, 3.05) is 18.1 Å². The van der Waals surface area contributed by atoms with Crippen molar-refractivity contribution in [3.63, 3.8) is 0 Å². The van der Waals surface area contributed by atoms with E-state index in [9.17, 15) is 4.79 Å². The van der Waals surface area contributed by atoms with E-state index in [1.54, 1.807) is 17.7 Å². The molecule has 0 unspecified atom stereocenters. The van der Waals surface area contributed by atoms with Crippen molar-refractivity contribution in [3.05, 3.63) is 29.9 Å². The molecule has 102 valence electrons. The van der Waals surface area contributed by atoms with Gasteiger partial charge in [-0.3, -0.25) is 4.79 Å². The molecule has 1 saturated heterocycles. The third kappa shape index (κ3) is 2.06. The number of nitrogens with zero attached hydrogens (tertiary/aromatic N) is 4. The molecule has 2 aromatic heterocycles. The lowest BCUT2D eigenvalue weighted by molar-refractivity contribution is -0.127. The monoisotopic (exact) mass is 286 g/mol. The summed E-state index contributed by atoms with van der Waals surface area (Å²) < 4.78 is 0. The van der Waals surface area contributed by atoms with Crippen molar-refractivity contribution in [1.82, 2.24) is 14.9 Å². The molecule has 1 saturated carbocycles. The van der Waals surface area contributed by atoms with Crippen LogP contribution >= 0.6 is 11.3 Å². The molecule has 5 nitrogen and oxygen atoms in total. The Bertz CT molecular complexity index is 638.